The van der Waals surface area contributed by atoms with Gasteiger partial charge in [-0.15, -0.1) is 0 Å². The van der Waals surface area contributed by atoms with Crippen molar-refractivity contribution in [2.75, 3.05) is 0 Å². The van der Waals surface area contributed by atoms with E-state index in [2.05, 4.69) is 12.2 Å². The molecular weight excluding hydrogens is 136 g/mol. The zero-order chi connectivity index (χ0) is 7.28. The molecule has 9 heavy (non-hydrogen) atoms. The Balaban J connectivity index is 3.39. The number of carbonyl (C=O) groups is 1. The monoisotopic (exact) mass is 146 g/mol. The van der Waals surface area contributed by atoms with E-state index in [4.69, 9.17) is 5.11 Å². The maximum absolute atomic E-state index is 10.1. The molecule has 52 valence electrons. The first kappa shape index (κ1) is 8.56. The van der Waals surface area contributed by atoms with Crippen molar-refractivity contribution in [2.45, 2.75) is 26.2 Å². The van der Waals surface area contributed by atoms with E-state index >= 15 is 0 Å². The first-order valence-corrected chi connectivity index (χ1v) is 3.35. The minimum Gasteiger partial charge on any atom is -0.477 e. The Bertz CT molecular complexity index is 120. The summed E-state index contributed by atoms with van der Waals surface area (Å²) in [5, 5.41) is 8.27. The SMILES string of the molecule is CCCCC(=S)C(=O)O. The van der Waals surface area contributed by atoms with E-state index in [9.17, 15) is 4.79 Å². The largest absolute Gasteiger partial charge is 0.477 e. The summed E-state index contributed by atoms with van der Waals surface area (Å²) in [6, 6.07) is 0. The van der Waals surface area contributed by atoms with Crippen molar-refractivity contribution in [1.29, 1.82) is 0 Å². The third kappa shape index (κ3) is 4.09. The summed E-state index contributed by atoms with van der Waals surface area (Å²) in [6.45, 7) is 2.00. The molecule has 1 N–H and O–H groups in total. The Morgan fingerprint density at radius 2 is 2.22 bits per heavy atom. The molecule has 0 atom stereocenters. The first-order valence-electron chi connectivity index (χ1n) is 2.94. The van der Waals surface area contributed by atoms with Crippen molar-refractivity contribution in [1.82, 2.24) is 0 Å². The molecule has 0 aromatic rings. The number of unbranched alkanes of at least 4 members (excludes halogenated alkanes) is 1. The van der Waals surface area contributed by atoms with Gasteiger partial charge in [0.1, 0.15) is 0 Å². The summed E-state index contributed by atoms with van der Waals surface area (Å²) in [7, 11) is 0. The highest BCUT2D eigenvalue weighted by molar-refractivity contribution is 7.82. The number of rotatable bonds is 4. The number of hydrogen-bond acceptors (Lipinski definition) is 2. The lowest BCUT2D eigenvalue weighted by Crippen LogP contribution is -2.08. The van der Waals surface area contributed by atoms with Crippen LogP contribution in [0.4, 0.5) is 0 Å². The summed E-state index contributed by atoms with van der Waals surface area (Å²) < 4.78 is 0. The number of carboxylic acids is 1. The molecule has 0 aromatic heterocycles. The number of carboxylic acid groups (broad SMARTS) is 1. The van der Waals surface area contributed by atoms with Gasteiger partial charge >= 0.3 is 5.97 Å². The van der Waals surface area contributed by atoms with Crippen LogP contribution in [0.5, 0.6) is 0 Å². The fourth-order valence-electron chi connectivity index (χ4n) is 0.444. The lowest BCUT2D eigenvalue weighted by Gasteiger charge is -1.92. The Labute approximate surface area is 59.9 Å². The van der Waals surface area contributed by atoms with Gasteiger partial charge in [-0.3, -0.25) is 0 Å². The molecule has 0 radical (unpaired) electrons. The zero-order valence-corrected chi connectivity index (χ0v) is 6.20. The maximum atomic E-state index is 10.1. The van der Waals surface area contributed by atoms with Gasteiger partial charge in [-0.1, -0.05) is 25.6 Å². The molecule has 0 aliphatic heterocycles. The van der Waals surface area contributed by atoms with Gasteiger partial charge in [-0.25, -0.2) is 4.79 Å². The minimum atomic E-state index is -0.946. The molecule has 2 nitrogen and oxygen atoms in total. The number of hydrogen-bond donors (Lipinski definition) is 1. The van der Waals surface area contributed by atoms with Gasteiger partial charge in [0.2, 0.25) is 0 Å². The standard InChI is InChI=1S/C6H10O2S/c1-2-3-4-5(9)6(7)8/h2-4H2,1H3,(H,7,8). The van der Waals surface area contributed by atoms with Crippen LogP contribution < -0.4 is 0 Å². The molecule has 0 aliphatic rings. The van der Waals surface area contributed by atoms with Crippen LogP contribution >= 0.6 is 12.2 Å². The van der Waals surface area contributed by atoms with Gasteiger partial charge in [0.25, 0.3) is 0 Å². The van der Waals surface area contributed by atoms with Crippen LogP contribution in [0.2, 0.25) is 0 Å². The van der Waals surface area contributed by atoms with E-state index in [0.717, 1.165) is 12.8 Å². The van der Waals surface area contributed by atoms with E-state index in [1.54, 1.807) is 0 Å². The second kappa shape index (κ2) is 4.44. The van der Waals surface area contributed by atoms with Crippen LogP contribution in [0.3, 0.4) is 0 Å². The van der Waals surface area contributed by atoms with E-state index in [-0.39, 0.29) is 4.86 Å². The van der Waals surface area contributed by atoms with Crippen molar-refractivity contribution in [3.63, 3.8) is 0 Å². The second-order valence-corrected chi connectivity index (χ2v) is 2.32. The van der Waals surface area contributed by atoms with E-state index in [0.29, 0.717) is 6.42 Å². The Morgan fingerprint density at radius 1 is 1.67 bits per heavy atom. The van der Waals surface area contributed by atoms with Gasteiger partial charge < -0.3 is 5.11 Å². The third-order valence-corrected chi connectivity index (χ3v) is 1.37. The fourth-order valence-corrected chi connectivity index (χ4v) is 0.589. The Hall–Kier alpha value is -0.440. The molecule has 0 unspecified atom stereocenters. The van der Waals surface area contributed by atoms with Gasteiger partial charge in [-0.2, -0.15) is 0 Å². The van der Waals surface area contributed by atoms with Crippen LogP contribution in [0, 0.1) is 0 Å². The van der Waals surface area contributed by atoms with E-state index in [1.807, 2.05) is 6.92 Å². The highest BCUT2D eigenvalue weighted by Gasteiger charge is 2.03. The second-order valence-electron chi connectivity index (χ2n) is 1.83. The van der Waals surface area contributed by atoms with Gasteiger partial charge in [0.15, 0.2) is 0 Å². The van der Waals surface area contributed by atoms with Crippen LogP contribution in [0.1, 0.15) is 26.2 Å². The molecule has 3 heteroatoms. The molecule has 0 rings (SSSR count). The maximum Gasteiger partial charge on any atom is 0.342 e. The summed E-state index contributed by atoms with van der Waals surface area (Å²) in [5.41, 5.74) is 0. The van der Waals surface area contributed by atoms with Crippen molar-refractivity contribution in [3.8, 4) is 0 Å². The molecule has 0 amide bonds. The highest BCUT2D eigenvalue weighted by atomic mass is 32.1. The average molecular weight is 146 g/mol. The van der Waals surface area contributed by atoms with Crippen molar-refractivity contribution in [3.05, 3.63) is 0 Å². The fraction of sp³-hybridized carbons (Fsp3) is 0.667. The van der Waals surface area contributed by atoms with Gasteiger partial charge in [0.05, 0.1) is 4.86 Å². The van der Waals surface area contributed by atoms with Gasteiger partial charge in [0, 0.05) is 0 Å². The summed E-state index contributed by atoms with van der Waals surface area (Å²) in [5.74, 6) is -0.946. The van der Waals surface area contributed by atoms with Crippen LogP contribution in [-0.4, -0.2) is 15.9 Å². The van der Waals surface area contributed by atoms with Crippen molar-refractivity contribution >= 4 is 23.1 Å². The van der Waals surface area contributed by atoms with Crippen molar-refractivity contribution < 1.29 is 9.90 Å². The first-order chi connectivity index (χ1) is 4.18. The number of thiocarbonyl (C=S) groups is 1. The molecule has 0 aromatic carbocycles. The smallest absolute Gasteiger partial charge is 0.342 e. The summed E-state index contributed by atoms with van der Waals surface area (Å²) in [6.07, 6.45) is 2.42. The lowest BCUT2D eigenvalue weighted by molar-refractivity contribution is -0.129. The molecule has 0 fully saturated rings. The lowest BCUT2D eigenvalue weighted by atomic mass is 10.2. The van der Waals surface area contributed by atoms with Crippen molar-refractivity contribution in [2.24, 2.45) is 0 Å². The highest BCUT2D eigenvalue weighted by Crippen LogP contribution is 1.96. The zero-order valence-electron chi connectivity index (χ0n) is 5.39. The van der Waals surface area contributed by atoms with Crippen LogP contribution in [0.15, 0.2) is 0 Å². The molecule has 0 heterocycles. The van der Waals surface area contributed by atoms with Crippen LogP contribution in [-0.2, 0) is 4.79 Å². The minimum absolute atomic E-state index is 0.150. The van der Waals surface area contributed by atoms with Crippen LogP contribution in [0.25, 0.3) is 0 Å². The topological polar surface area (TPSA) is 37.3 Å². The van der Waals surface area contributed by atoms with Gasteiger partial charge in [-0.05, 0) is 12.8 Å². The average Bonchev–Trinajstić information content (AvgIpc) is 1.82. The third-order valence-electron chi connectivity index (χ3n) is 0.996. The molecule has 0 saturated heterocycles. The molecule has 0 saturated carbocycles. The Morgan fingerprint density at radius 3 is 2.56 bits per heavy atom. The Kier molecular flexibility index (Phi) is 4.22. The molecule has 0 spiro atoms. The predicted molar refractivity (Wildman–Crippen MR) is 39.8 cm³/mol. The van der Waals surface area contributed by atoms with E-state index < -0.39 is 5.97 Å². The van der Waals surface area contributed by atoms with E-state index in [1.165, 1.54) is 0 Å². The normalized spacial score (nSPS) is 9.00. The molecule has 0 aliphatic carbocycles. The quantitative estimate of drug-likeness (QED) is 0.612. The summed E-state index contributed by atoms with van der Waals surface area (Å²) >= 11 is 4.54. The predicted octanol–water partition coefficient (Wildman–Crippen LogP) is 1.63. The molecule has 0 bridgehead atoms. The number of aliphatic carboxylic acids is 1. The summed E-state index contributed by atoms with van der Waals surface area (Å²) in [4.78, 5) is 10.2. The molecular formula is C6H10O2S.